The minimum Gasteiger partial charge on any atom is -0.495 e. The van der Waals surface area contributed by atoms with Gasteiger partial charge in [-0.25, -0.2) is 0 Å². The SMILES string of the molecule is COc1cc(Cl)c(C)cc1N1C(=O)CC(c2ccccc2Cl)C2=C1CCCC2=O. The third-order valence-electron chi connectivity index (χ3n) is 5.66. The number of anilines is 1. The largest absolute Gasteiger partial charge is 0.495 e. The summed E-state index contributed by atoms with van der Waals surface area (Å²) < 4.78 is 5.51. The highest BCUT2D eigenvalue weighted by atomic mass is 35.5. The normalized spacial score (nSPS) is 19.4. The van der Waals surface area contributed by atoms with E-state index in [-0.39, 0.29) is 24.0 Å². The van der Waals surface area contributed by atoms with Gasteiger partial charge in [0.15, 0.2) is 5.78 Å². The summed E-state index contributed by atoms with van der Waals surface area (Å²) in [6, 6.07) is 11.0. The number of ketones is 1. The summed E-state index contributed by atoms with van der Waals surface area (Å²) in [4.78, 5) is 28.0. The molecule has 6 heteroatoms. The molecule has 0 saturated heterocycles. The molecule has 0 bridgehead atoms. The molecule has 1 amide bonds. The molecule has 0 fully saturated rings. The number of Topliss-reactive ketones (excluding diaryl/α,β-unsaturated/α-hetero) is 1. The van der Waals surface area contributed by atoms with Crippen molar-refractivity contribution in [3.63, 3.8) is 0 Å². The Hall–Kier alpha value is -2.30. The highest BCUT2D eigenvalue weighted by Crippen LogP contribution is 2.47. The van der Waals surface area contributed by atoms with Gasteiger partial charge in [0, 0.05) is 46.1 Å². The van der Waals surface area contributed by atoms with Crippen molar-refractivity contribution >= 4 is 40.6 Å². The van der Waals surface area contributed by atoms with Crippen LogP contribution < -0.4 is 9.64 Å². The van der Waals surface area contributed by atoms with Crippen molar-refractivity contribution in [2.45, 2.75) is 38.5 Å². The number of nitrogens with zero attached hydrogens (tertiary/aromatic N) is 1. The maximum atomic E-state index is 13.4. The minimum atomic E-state index is -0.324. The van der Waals surface area contributed by atoms with Crippen LogP contribution in [-0.4, -0.2) is 18.8 Å². The van der Waals surface area contributed by atoms with Crippen molar-refractivity contribution < 1.29 is 14.3 Å². The fraction of sp³-hybridized carbons (Fsp3) is 0.304. The molecule has 1 heterocycles. The van der Waals surface area contributed by atoms with Crippen LogP contribution in [0.3, 0.4) is 0 Å². The molecule has 0 saturated carbocycles. The molecule has 150 valence electrons. The quantitative estimate of drug-likeness (QED) is 0.615. The number of ether oxygens (including phenoxy) is 1. The zero-order valence-corrected chi connectivity index (χ0v) is 17.8. The van der Waals surface area contributed by atoms with Crippen LogP contribution in [0.5, 0.6) is 5.75 Å². The third-order valence-corrected chi connectivity index (χ3v) is 6.41. The van der Waals surface area contributed by atoms with Crippen LogP contribution in [0.15, 0.2) is 47.7 Å². The first-order chi connectivity index (χ1) is 13.9. The number of benzene rings is 2. The Morgan fingerprint density at radius 3 is 2.55 bits per heavy atom. The lowest BCUT2D eigenvalue weighted by Gasteiger charge is -2.39. The van der Waals surface area contributed by atoms with Gasteiger partial charge in [0.25, 0.3) is 0 Å². The van der Waals surface area contributed by atoms with E-state index in [1.165, 1.54) is 0 Å². The van der Waals surface area contributed by atoms with E-state index < -0.39 is 0 Å². The number of aryl methyl sites for hydroxylation is 1. The summed E-state index contributed by atoms with van der Waals surface area (Å²) in [7, 11) is 1.55. The molecular formula is C23H21Cl2NO3. The van der Waals surface area contributed by atoms with Crippen LogP contribution in [0.25, 0.3) is 0 Å². The fourth-order valence-corrected chi connectivity index (χ4v) is 4.70. The molecule has 2 aromatic carbocycles. The average Bonchev–Trinajstić information content (AvgIpc) is 2.70. The summed E-state index contributed by atoms with van der Waals surface area (Å²) in [6.45, 7) is 1.88. The predicted molar refractivity (Wildman–Crippen MR) is 115 cm³/mol. The van der Waals surface area contributed by atoms with Crippen molar-refractivity contribution in [2.75, 3.05) is 12.0 Å². The highest BCUT2D eigenvalue weighted by Gasteiger charge is 2.41. The molecule has 4 rings (SSSR count). The number of hydrogen-bond acceptors (Lipinski definition) is 3. The highest BCUT2D eigenvalue weighted by molar-refractivity contribution is 6.32. The van der Waals surface area contributed by atoms with Crippen molar-refractivity contribution in [3.8, 4) is 5.75 Å². The minimum absolute atomic E-state index is 0.0802. The molecule has 0 N–H and O–H groups in total. The molecule has 2 aliphatic rings. The number of allylic oxidation sites excluding steroid dienone is 2. The van der Waals surface area contributed by atoms with Crippen LogP contribution in [0.1, 0.15) is 42.7 Å². The number of halogens is 2. The van der Waals surface area contributed by atoms with Gasteiger partial charge in [-0.1, -0.05) is 41.4 Å². The van der Waals surface area contributed by atoms with Crippen LogP contribution in [0, 0.1) is 6.92 Å². The number of amides is 1. The summed E-state index contributed by atoms with van der Waals surface area (Å²) >= 11 is 12.7. The Bertz CT molecular complexity index is 1040. The van der Waals surface area contributed by atoms with Crippen LogP contribution in [-0.2, 0) is 9.59 Å². The zero-order valence-electron chi connectivity index (χ0n) is 16.3. The first-order valence-corrected chi connectivity index (χ1v) is 10.4. The van der Waals surface area contributed by atoms with Crippen molar-refractivity contribution in [3.05, 3.63) is 68.8 Å². The Kier molecular flexibility index (Phi) is 5.41. The number of carbonyl (C=O) groups is 2. The van der Waals surface area contributed by atoms with Crippen LogP contribution in [0.2, 0.25) is 10.0 Å². The molecule has 4 nitrogen and oxygen atoms in total. The van der Waals surface area contributed by atoms with Gasteiger partial charge in [0.05, 0.1) is 12.8 Å². The monoisotopic (exact) mass is 429 g/mol. The summed E-state index contributed by atoms with van der Waals surface area (Å²) in [6.07, 6.45) is 2.03. The maximum Gasteiger partial charge on any atom is 0.232 e. The molecule has 1 unspecified atom stereocenters. The van der Waals surface area contributed by atoms with E-state index in [0.29, 0.717) is 46.3 Å². The lowest BCUT2D eigenvalue weighted by atomic mass is 9.77. The molecule has 1 aliphatic heterocycles. The zero-order chi connectivity index (χ0) is 20.7. The van der Waals surface area contributed by atoms with Gasteiger partial charge in [-0.15, -0.1) is 0 Å². The van der Waals surface area contributed by atoms with Gasteiger partial charge in [-0.05, 0) is 43.0 Å². The maximum absolute atomic E-state index is 13.4. The van der Waals surface area contributed by atoms with Crippen LogP contribution in [0.4, 0.5) is 5.69 Å². The van der Waals surface area contributed by atoms with E-state index in [4.69, 9.17) is 27.9 Å². The smallest absolute Gasteiger partial charge is 0.232 e. The molecule has 0 spiro atoms. The topological polar surface area (TPSA) is 46.6 Å². The lowest BCUT2D eigenvalue weighted by Crippen LogP contribution is -2.40. The first kappa shape index (κ1) is 20.0. The Balaban J connectivity index is 1.92. The van der Waals surface area contributed by atoms with E-state index in [2.05, 4.69) is 0 Å². The number of carbonyl (C=O) groups excluding carboxylic acids is 2. The van der Waals surface area contributed by atoms with Crippen molar-refractivity contribution in [2.24, 2.45) is 0 Å². The number of rotatable bonds is 3. The van der Waals surface area contributed by atoms with E-state index in [1.807, 2.05) is 31.2 Å². The second-order valence-electron chi connectivity index (χ2n) is 7.42. The Labute approximate surface area is 180 Å². The van der Waals surface area contributed by atoms with Gasteiger partial charge >= 0.3 is 0 Å². The van der Waals surface area contributed by atoms with E-state index in [1.54, 1.807) is 24.1 Å². The molecule has 1 aliphatic carbocycles. The van der Waals surface area contributed by atoms with Gasteiger partial charge in [0.2, 0.25) is 5.91 Å². The van der Waals surface area contributed by atoms with Crippen molar-refractivity contribution in [1.82, 2.24) is 0 Å². The fourth-order valence-electron chi connectivity index (χ4n) is 4.28. The lowest BCUT2D eigenvalue weighted by molar-refractivity contribution is -0.119. The van der Waals surface area contributed by atoms with E-state index in [9.17, 15) is 9.59 Å². The molecular weight excluding hydrogens is 409 g/mol. The second kappa shape index (κ2) is 7.85. The Morgan fingerprint density at radius 2 is 1.83 bits per heavy atom. The van der Waals surface area contributed by atoms with Gasteiger partial charge < -0.3 is 4.74 Å². The summed E-state index contributed by atoms with van der Waals surface area (Å²) in [5.74, 6) is 0.186. The summed E-state index contributed by atoms with van der Waals surface area (Å²) in [5, 5.41) is 1.14. The molecule has 1 atom stereocenters. The van der Waals surface area contributed by atoms with E-state index in [0.717, 1.165) is 16.8 Å². The molecule has 2 aromatic rings. The Morgan fingerprint density at radius 1 is 1.07 bits per heavy atom. The van der Waals surface area contributed by atoms with Crippen molar-refractivity contribution in [1.29, 1.82) is 0 Å². The van der Waals surface area contributed by atoms with Gasteiger partial charge in [0.1, 0.15) is 5.75 Å². The van der Waals surface area contributed by atoms with Gasteiger partial charge in [-0.2, -0.15) is 0 Å². The average molecular weight is 430 g/mol. The molecule has 0 aromatic heterocycles. The van der Waals surface area contributed by atoms with Crippen LogP contribution >= 0.6 is 23.2 Å². The second-order valence-corrected chi connectivity index (χ2v) is 8.23. The first-order valence-electron chi connectivity index (χ1n) is 9.60. The molecule has 0 radical (unpaired) electrons. The number of hydrogen-bond donors (Lipinski definition) is 0. The van der Waals surface area contributed by atoms with E-state index >= 15 is 0 Å². The predicted octanol–water partition coefficient (Wildman–Crippen LogP) is 5.84. The van der Waals surface area contributed by atoms with Gasteiger partial charge in [-0.3, -0.25) is 14.5 Å². The molecule has 29 heavy (non-hydrogen) atoms. The summed E-state index contributed by atoms with van der Waals surface area (Å²) in [5.41, 5.74) is 3.73. The standard InChI is InChI=1S/C23H21Cl2NO3/c1-13-10-19(21(29-2)12-17(13)25)26-18-8-5-9-20(27)23(18)15(11-22(26)28)14-6-3-4-7-16(14)24/h3-4,6-7,10,12,15H,5,8-9,11H2,1-2H3. The third kappa shape index (κ3) is 3.45. The number of methoxy groups -OCH3 is 1.